The van der Waals surface area contributed by atoms with Crippen molar-refractivity contribution in [3.8, 4) is 0 Å². The number of rotatable bonds is 2. The number of carbonyl (C=O) groups is 1. The summed E-state index contributed by atoms with van der Waals surface area (Å²) in [6, 6.07) is 0. The van der Waals surface area contributed by atoms with Gasteiger partial charge in [0.2, 0.25) is 0 Å². The highest BCUT2D eigenvalue weighted by atomic mass is 16.7. The highest BCUT2D eigenvalue weighted by Gasteiger charge is 2.62. The minimum Gasteiger partial charge on any atom is -0.481 e. The molecular weight excluding hydrogens is 219 g/mol. The van der Waals surface area contributed by atoms with Crippen molar-refractivity contribution >= 4 is 13.1 Å². The van der Waals surface area contributed by atoms with Crippen LogP contribution in [0.25, 0.3) is 0 Å². The molecule has 1 saturated heterocycles. The first kappa shape index (κ1) is 12.9. The van der Waals surface area contributed by atoms with Crippen molar-refractivity contribution in [2.75, 3.05) is 0 Å². The third-order valence-electron chi connectivity index (χ3n) is 4.60. The molecule has 2 aliphatic rings. The predicted octanol–water partition coefficient (Wildman–Crippen LogP) is 2.33. The van der Waals surface area contributed by atoms with Gasteiger partial charge in [0.15, 0.2) is 0 Å². The van der Waals surface area contributed by atoms with Crippen molar-refractivity contribution in [1.82, 2.24) is 0 Å². The molecule has 0 atom stereocenters. The molecule has 1 N–H and O–H groups in total. The number of carboxylic acids is 1. The molecule has 0 radical (unpaired) electrons. The van der Waals surface area contributed by atoms with Gasteiger partial charge in [-0.15, -0.1) is 0 Å². The molecule has 0 bridgehead atoms. The molecule has 0 spiro atoms. The number of hydrogen-bond acceptors (Lipinski definition) is 3. The molecule has 5 heteroatoms. The molecule has 0 aromatic rings. The van der Waals surface area contributed by atoms with Crippen LogP contribution in [-0.2, 0) is 14.1 Å². The first-order valence-electron chi connectivity index (χ1n) is 6.16. The Morgan fingerprint density at radius 2 is 1.53 bits per heavy atom. The molecule has 2 fully saturated rings. The highest BCUT2D eigenvalue weighted by Crippen LogP contribution is 2.58. The summed E-state index contributed by atoms with van der Waals surface area (Å²) in [7, 11) is -0.289. The lowest BCUT2D eigenvalue weighted by molar-refractivity contribution is -0.146. The molecule has 0 aromatic heterocycles. The first-order chi connectivity index (χ1) is 7.57. The van der Waals surface area contributed by atoms with Gasteiger partial charge in [0.25, 0.3) is 0 Å². The summed E-state index contributed by atoms with van der Waals surface area (Å²) < 4.78 is 12.0. The number of aliphatic carboxylic acids is 1. The molecule has 2 rings (SSSR count). The molecule has 1 aliphatic heterocycles. The zero-order chi connectivity index (χ0) is 13.1. The Morgan fingerprint density at radius 3 is 1.88 bits per heavy atom. The fourth-order valence-corrected chi connectivity index (χ4v) is 2.56. The van der Waals surface area contributed by atoms with Crippen molar-refractivity contribution in [3.63, 3.8) is 0 Å². The van der Waals surface area contributed by atoms with Crippen LogP contribution in [0, 0.1) is 5.92 Å². The van der Waals surface area contributed by atoms with Gasteiger partial charge in [0.1, 0.15) is 0 Å². The van der Waals surface area contributed by atoms with Crippen molar-refractivity contribution in [1.29, 1.82) is 0 Å². The van der Waals surface area contributed by atoms with Crippen LogP contribution in [0.4, 0.5) is 0 Å². The summed E-state index contributed by atoms with van der Waals surface area (Å²) in [4.78, 5) is 10.9. The molecule has 96 valence electrons. The first-order valence-corrected chi connectivity index (χ1v) is 6.16. The lowest BCUT2D eigenvalue weighted by Crippen LogP contribution is -2.45. The van der Waals surface area contributed by atoms with E-state index in [1.54, 1.807) is 0 Å². The van der Waals surface area contributed by atoms with Gasteiger partial charge >= 0.3 is 13.1 Å². The van der Waals surface area contributed by atoms with Crippen LogP contribution in [0.1, 0.15) is 47.5 Å². The maximum absolute atomic E-state index is 10.9. The third-order valence-corrected chi connectivity index (χ3v) is 4.60. The van der Waals surface area contributed by atoms with E-state index in [9.17, 15) is 4.79 Å². The molecule has 0 unspecified atom stereocenters. The smallest absolute Gasteiger partial charge is 0.464 e. The summed E-state index contributed by atoms with van der Waals surface area (Å²) in [5.41, 5.74) is -0.677. The second-order valence-electron chi connectivity index (χ2n) is 6.69. The van der Waals surface area contributed by atoms with E-state index >= 15 is 0 Å². The van der Waals surface area contributed by atoms with Crippen LogP contribution in [0.3, 0.4) is 0 Å². The normalized spacial score (nSPS) is 38.9. The predicted molar refractivity (Wildman–Crippen MR) is 64.8 cm³/mol. The molecule has 17 heavy (non-hydrogen) atoms. The second kappa shape index (κ2) is 3.48. The van der Waals surface area contributed by atoms with Crippen molar-refractivity contribution in [3.05, 3.63) is 0 Å². The molecule has 1 aliphatic carbocycles. The maximum Gasteiger partial charge on any atom is 0.464 e. The largest absolute Gasteiger partial charge is 0.481 e. The van der Waals surface area contributed by atoms with Gasteiger partial charge < -0.3 is 14.4 Å². The Hall–Kier alpha value is -0.545. The van der Waals surface area contributed by atoms with E-state index in [2.05, 4.69) is 6.92 Å². The molecule has 4 nitrogen and oxygen atoms in total. The Bertz CT molecular complexity index is 328. The molecule has 0 amide bonds. The van der Waals surface area contributed by atoms with Crippen LogP contribution in [0.5, 0.6) is 0 Å². The van der Waals surface area contributed by atoms with Crippen LogP contribution >= 0.6 is 0 Å². The van der Waals surface area contributed by atoms with Gasteiger partial charge in [0, 0.05) is 5.31 Å². The van der Waals surface area contributed by atoms with Crippen LogP contribution in [-0.4, -0.2) is 29.4 Å². The number of hydrogen-bond donors (Lipinski definition) is 1. The van der Waals surface area contributed by atoms with Gasteiger partial charge in [0.05, 0.1) is 17.1 Å². The molecule has 1 saturated carbocycles. The zero-order valence-electron chi connectivity index (χ0n) is 11.2. The average molecular weight is 240 g/mol. The van der Waals surface area contributed by atoms with Crippen LogP contribution in [0.2, 0.25) is 5.31 Å². The van der Waals surface area contributed by atoms with E-state index in [1.165, 1.54) is 0 Å². The summed E-state index contributed by atoms with van der Waals surface area (Å²) >= 11 is 0. The van der Waals surface area contributed by atoms with Gasteiger partial charge in [-0.1, -0.05) is 6.92 Å². The fourth-order valence-electron chi connectivity index (χ4n) is 2.56. The quantitative estimate of drug-likeness (QED) is 0.752. The average Bonchev–Trinajstić information content (AvgIpc) is 2.30. The monoisotopic (exact) mass is 240 g/mol. The summed E-state index contributed by atoms with van der Waals surface area (Å²) in [5.74, 6) is -0.946. The molecular formula is C12H21BO4. The number of carboxylic acid groups (broad SMARTS) is 1. The third kappa shape index (κ3) is 1.89. The van der Waals surface area contributed by atoms with Gasteiger partial charge in [-0.3, -0.25) is 4.79 Å². The van der Waals surface area contributed by atoms with E-state index in [4.69, 9.17) is 14.4 Å². The van der Waals surface area contributed by atoms with E-state index < -0.39 is 5.97 Å². The zero-order valence-corrected chi connectivity index (χ0v) is 11.2. The Kier molecular flexibility index (Phi) is 2.64. The molecule has 0 aromatic carbocycles. The maximum atomic E-state index is 10.9. The topological polar surface area (TPSA) is 55.8 Å². The van der Waals surface area contributed by atoms with Crippen molar-refractivity contribution < 1.29 is 19.2 Å². The van der Waals surface area contributed by atoms with Crippen LogP contribution in [0.15, 0.2) is 0 Å². The fraction of sp³-hybridized carbons (Fsp3) is 0.917. The summed E-state index contributed by atoms with van der Waals surface area (Å²) in [5, 5.41) is 8.77. The Labute approximate surface area is 103 Å². The lowest BCUT2D eigenvalue weighted by Gasteiger charge is -2.44. The van der Waals surface area contributed by atoms with E-state index in [0.29, 0.717) is 12.8 Å². The Morgan fingerprint density at radius 1 is 1.12 bits per heavy atom. The van der Waals surface area contributed by atoms with Crippen molar-refractivity contribution in [2.24, 2.45) is 5.92 Å². The van der Waals surface area contributed by atoms with Crippen LogP contribution < -0.4 is 0 Å². The highest BCUT2D eigenvalue weighted by molar-refractivity contribution is 6.50. The van der Waals surface area contributed by atoms with Gasteiger partial charge in [-0.05, 0) is 40.5 Å². The van der Waals surface area contributed by atoms with E-state index in [0.717, 1.165) is 0 Å². The standard InChI is InChI=1S/C12H21BO4/c1-10(2)11(3,4)17-13(16-10)12(5)6-8(7-12)9(14)15/h8H,6-7H2,1-5H3,(H,14,15). The minimum absolute atomic E-state index is 0.159. The van der Waals surface area contributed by atoms with Gasteiger partial charge in [-0.25, -0.2) is 0 Å². The SMILES string of the molecule is CC1(B2OC(C)(C)C(C)(C)O2)CC(C(=O)O)C1. The van der Waals surface area contributed by atoms with Gasteiger partial charge in [-0.2, -0.15) is 0 Å². The van der Waals surface area contributed by atoms with Crippen molar-refractivity contribution in [2.45, 2.75) is 64.0 Å². The molecule has 1 heterocycles. The van der Waals surface area contributed by atoms with E-state index in [1.807, 2.05) is 27.7 Å². The Balaban J connectivity index is 2.05. The van der Waals surface area contributed by atoms with E-state index in [-0.39, 0.29) is 29.6 Å². The second-order valence-corrected chi connectivity index (χ2v) is 6.69. The lowest BCUT2D eigenvalue weighted by atomic mass is 9.44. The summed E-state index contributed by atoms with van der Waals surface area (Å²) in [6.45, 7) is 10.1. The minimum atomic E-state index is -0.709. The summed E-state index contributed by atoms with van der Waals surface area (Å²) in [6.07, 6.45) is 1.28.